The molecular weight excluding hydrogens is 296 g/mol. The van der Waals surface area contributed by atoms with Crippen molar-refractivity contribution in [3.05, 3.63) is 22.2 Å². The predicted octanol–water partition coefficient (Wildman–Crippen LogP) is 3.59. The fourth-order valence-corrected chi connectivity index (χ4v) is 2.89. The summed E-state index contributed by atoms with van der Waals surface area (Å²) in [7, 11) is 0. The van der Waals surface area contributed by atoms with Gasteiger partial charge in [0.05, 0.1) is 0 Å². The van der Waals surface area contributed by atoms with Crippen LogP contribution in [0.3, 0.4) is 0 Å². The minimum absolute atomic E-state index is 0.198. The number of benzene rings is 1. The molecule has 18 heavy (non-hydrogen) atoms. The van der Waals surface area contributed by atoms with Gasteiger partial charge in [-0.3, -0.25) is 4.79 Å². The zero-order valence-corrected chi connectivity index (χ0v) is 11.7. The lowest BCUT2D eigenvalue weighted by atomic mass is 9.81. The minimum Gasteiger partial charge on any atom is -0.486 e. The van der Waals surface area contributed by atoms with Gasteiger partial charge in [-0.25, -0.2) is 0 Å². The van der Waals surface area contributed by atoms with Crippen LogP contribution in [0.25, 0.3) is 0 Å². The van der Waals surface area contributed by atoms with Crippen LogP contribution < -0.4 is 9.47 Å². The third kappa shape index (κ3) is 2.26. The van der Waals surface area contributed by atoms with E-state index in [1.165, 1.54) is 19.3 Å². The number of halogens is 1. The molecule has 1 aromatic carbocycles. The summed E-state index contributed by atoms with van der Waals surface area (Å²) in [5, 5.41) is 0. The molecule has 1 fully saturated rings. The Morgan fingerprint density at radius 2 is 1.89 bits per heavy atom. The van der Waals surface area contributed by atoms with Crippen LogP contribution in [0.5, 0.6) is 11.5 Å². The molecule has 0 radical (unpaired) electrons. The molecule has 96 valence electrons. The van der Waals surface area contributed by atoms with E-state index in [0.29, 0.717) is 42.6 Å². The molecule has 0 aromatic heterocycles. The maximum Gasteiger partial charge on any atom is 0.164 e. The van der Waals surface area contributed by atoms with Crippen molar-refractivity contribution in [3.63, 3.8) is 0 Å². The van der Waals surface area contributed by atoms with Gasteiger partial charge in [0.15, 0.2) is 17.3 Å². The highest BCUT2D eigenvalue weighted by Gasteiger charge is 2.24. The fraction of sp³-hybridized carbons (Fsp3) is 0.500. The maximum atomic E-state index is 12.2. The SMILES string of the molecule is O=C(CC1CCC1)c1cc2c(cc1Br)OCCO2. The first kappa shape index (κ1) is 12.0. The van der Waals surface area contributed by atoms with Gasteiger partial charge in [0, 0.05) is 16.5 Å². The highest BCUT2D eigenvalue weighted by Crippen LogP contribution is 2.37. The van der Waals surface area contributed by atoms with E-state index in [1.807, 2.05) is 6.07 Å². The quantitative estimate of drug-likeness (QED) is 0.800. The number of carbonyl (C=O) groups excluding carboxylic acids is 1. The molecule has 4 heteroatoms. The first-order valence-electron chi connectivity index (χ1n) is 6.36. The van der Waals surface area contributed by atoms with Gasteiger partial charge in [0.25, 0.3) is 0 Å². The monoisotopic (exact) mass is 310 g/mol. The number of carbonyl (C=O) groups is 1. The molecule has 0 amide bonds. The van der Waals surface area contributed by atoms with Crippen molar-refractivity contribution in [1.82, 2.24) is 0 Å². The van der Waals surface area contributed by atoms with Crippen LogP contribution in [0.1, 0.15) is 36.0 Å². The van der Waals surface area contributed by atoms with Gasteiger partial charge in [0.2, 0.25) is 0 Å². The van der Waals surface area contributed by atoms with Crippen molar-refractivity contribution in [1.29, 1.82) is 0 Å². The average molecular weight is 311 g/mol. The van der Waals surface area contributed by atoms with Crippen LogP contribution in [0.2, 0.25) is 0 Å². The smallest absolute Gasteiger partial charge is 0.164 e. The topological polar surface area (TPSA) is 35.5 Å². The summed E-state index contributed by atoms with van der Waals surface area (Å²) < 4.78 is 11.8. The Labute approximate surface area is 115 Å². The molecule has 3 nitrogen and oxygen atoms in total. The molecule has 0 unspecified atom stereocenters. The second-order valence-corrected chi connectivity index (χ2v) is 5.75. The molecule has 1 aliphatic carbocycles. The fourth-order valence-electron chi connectivity index (χ4n) is 2.35. The lowest BCUT2D eigenvalue weighted by Gasteiger charge is -2.25. The Morgan fingerprint density at radius 1 is 1.22 bits per heavy atom. The summed E-state index contributed by atoms with van der Waals surface area (Å²) in [5.74, 6) is 2.18. The van der Waals surface area contributed by atoms with E-state index in [9.17, 15) is 4.79 Å². The molecular formula is C14H15BrO3. The Hall–Kier alpha value is -1.03. The average Bonchev–Trinajstić information content (AvgIpc) is 2.32. The summed E-state index contributed by atoms with van der Waals surface area (Å²) in [6.07, 6.45) is 4.29. The number of ether oxygens (including phenoxy) is 2. The number of hydrogen-bond acceptors (Lipinski definition) is 3. The zero-order chi connectivity index (χ0) is 12.5. The normalized spacial score (nSPS) is 18.3. The van der Waals surface area contributed by atoms with Crippen LogP contribution in [0.15, 0.2) is 16.6 Å². The molecule has 0 bridgehead atoms. The summed E-state index contributed by atoms with van der Waals surface area (Å²) in [6, 6.07) is 3.64. The predicted molar refractivity (Wildman–Crippen MR) is 71.4 cm³/mol. The van der Waals surface area contributed by atoms with Crippen LogP contribution >= 0.6 is 15.9 Å². The Balaban J connectivity index is 1.84. The molecule has 0 spiro atoms. The third-order valence-electron chi connectivity index (χ3n) is 3.63. The molecule has 0 N–H and O–H groups in total. The van der Waals surface area contributed by atoms with E-state index in [0.717, 1.165) is 4.47 Å². The van der Waals surface area contributed by atoms with Gasteiger partial charge in [-0.1, -0.05) is 19.3 Å². The van der Waals surface area contributed by atoms with Crippen LogP contribution in [0.4, 0.5) is 0 Å². The van der Waals surface area contributed by atoms with Crippen molar-refractivity contribution in [2.24, 2.45) is 5.92 Å². The van der Waals surface area contributed by atoms with Crippen LogP contribution in [0, 0.1) is 5.92 Å². The summed E-state index contributed by atoms with van der Waals surface area (Å²) >= 11 is 3.45. The lowest BCUT2D eigenvalue weighted by Crippen LogP contribution is -2.18. The second kappa shape index (κ2) is 4.92. The Bertz CT molecular complexity index is 480. The molecule has 0 atom stereocenters. The molecule has 1 heterocycles. The summed E-state index contributed by atoms with van der Waals surface area (Å²) in [6.45, 7) is 1.11. The number of ketones is 1. The number of hydrogen-bond donors (Lipinski definition) is 0. The highest BCUT2D eigenvalue weighted by atomic mass is 79.9. The van der Waals surface area contributed by atoms with E-state index >= 15 is 0 Å². The van der Waals surface area contributed by atoms with E-state index in [-0.39, 0.29) is 5.78 Å². The maximum absolute atomic E-state index is 12.2. The molecule has 1 aromatic rings. The zero-order valence-electron chi connectivity index (χ0n) is 10.1. The number of rotatable bonds is 3. The highest BCUT2D eigenvalue weighted by molar-refractivity contribution is 9.10. The van der Waals surface area contributed by atoms with Gasteiger partial charge < -0.3 is 9.47 Å². The van der Waals surface area contributed by atoms with E-state index < -0.39 is 0 Å². The third-order valence-corrected chi connectivity index (χ3v) is 4.29. The molecule has 1 saturated carbocycles. The van der Waals surface area contributed by atoms with E-state index in [4.69, 9.17) is 9.47 Å². The summed E-state index contributed by atoms with van der Waals surface area (Å²) in [5.41, 5.74) is 0.714. The largest absolute Gasteiger partial charge is 0.486 e. The number of Topliss-reactive ketones (excluding diaryl/α,β-unsaturated/α-hetero) is 1. The minimum atomic E-state index is 0.198. The van der Waals surface area contributed by atoms with Crippen LogP contribution in [-0.2, 0) is 0 Å². The van der Waals surface area contributed by atoms with Gasteiger partial charge in [-0.05, 0) is 34.0 Å². The van der Waals surface area contributed by atoms with Crippen molar-refractivity contribution in [2.75, 3.05) is 13.2 Å². The standard InChI is InChI=1S/C14H15BrO3/c15-11-8-14-13(17-4-5-18-14)7-10(11)12(16)6-9-2-1-3-9/h7-9H,1-6H2. The Kier molecular flexibility index (Phi) is 3.29. The first-order valence-corrected chi connectivity index (χ1v) is 7.15. The first-order chi connectivity index (χ1) is 8.74. The molecule has 3 rings (SSSR count). The molecule has 2 aliphatic rings. The van der Waals surface area contributed by atoms with Crippen LogP contribution in [-0.4, -0.2) is 19.0 Å². The van der Waals surface area contributed by atoms with E-state index in [2.05, 4.69) is 15.9 Å². The van der Waals surface area contributed by atoms with Gasteiger partial charge in [-0.15, -0.1) is 0 Å². The molecule has 0 saturated heterocycles. The summed E-state index contributed by atoms with van der Waals surface area (Å²) in [4.78, 5) is 12.2. The number of fused-ring (bicyclic) bond motifs is 1. The Morgan fingerprint density at radius 3 is 2.50 bits per heavy atom. The van der Waals surface area contributed by atoms with Crippen molar-refractivity contribution < 1.29 is 14.3 Å². The van der Waals surface area contributed by atoms with Gasteiger partial charge in [0.1, 0.15) is 13.2 Å². The van der Waals surface area contributed by atoms with Crippen molar-refractivity contribution in [3.8, 4) is 11.5 Å². The lowest BCUT2D eigenvalue weighted by molar-refractivity contribution is 0.0934. The van der Waals surface area contributed by atoms with E-state index in [1.54, 1.807) is 6.07 Å². The van der Waals surface area contributed by atoms with Crippen molar-refractivity contribution in [2.45, 2.75) is 25.7 Å². The molecule has 1 aliphatic heterocycles. The van der Waals surface area contributed by atoms with Crippen molar-refractivity contribution >= 4 is 21.7 Å². The second-order valence-electron chi connectivity index (χ2n) is 4.90. The van der Waals surface area contributed by atoms with Gasteiger partial charge in [-0.2, -0.15) is 0 Å². The van der Waals surface area contributed by atoms with Gasteiger partial charge >= 0.3 is 0 Å².